The predicted molar refractivity (Wildman–Crippen MR) is 61.3 cm³/mol. The monoisotopic (exact) mass is 243 g/mol. The molecule has 16 heavy (non-hydrogen) atoms. The molecule has 0 radical (unpaired) electrons. The number of aliphatic hydroxyl groups is 2. The molecule has 1 atom stereocenters. The second-order valence-electron chi connectivity index (χ2n) is 3.41. The van der Waals surface area contributed by atoms with Gasteiger partial charge >= 0.3 is 0 Å². The zero-order valence-electron chi connectivity index (χ0n) is 8.69. The van der Waals surface area contributed by atoms with Crippen molar-refractivity contribution >= 4 is 17.5 Å². The molecule has 0 saturated heterocycles. The standard InChI is InChI=1S/C11H14ClNO3/c12-10-4-2-1-3-8(10)5-11(16)13-6-9(15)7-14/h1-4,9,14-15H,5-7H2,(H,13,16). The molecule has 0 aromatic heterocycles. The highest BCUT2D eigenvalue weighted by atomic mass is 35.5. The van der Waals surface area contributed by atoms with E-state index < -0.39 is 6.10 Å². The fourth-order valence-electron chi connectivity index (χ4n) is 1.17. The van der Waals surface area contributed by atoms with E-state index in [0.29, 0.717) is 5.02 Å². The lowest BCUT2D eigenvalue weighted by Gasteiger charge is -2.09. The van der Waals surface area contributed by atoms with E-state index in [1.807, 2.05) is 0 Å². The van der Waals surface area contributed by atoms with Gasteiger partial charge in [-0.3, -0.25) is 4.79 Å². The maximum Gasteiger partial charge on any atom is 0.224 e. The van der Waals surface area contributed by atoms with Gasteiger partial charge in [-0.1, -0.05) is 29.8 Å². The van der Waals surface area contributed by atoms with Crippen LogP contribution in [0.25, 0.3) is 0 Å². The Hall–Kier alpha value is -1.10. The molecule has 0 spiro atoms. The Balaban J connectivity index is 2.43. The maximum absolute atomic E-state index is 11.4. The molecule has 0 fully saturated rings. The summed E-state index contributed by atoms with van der Waals surface area (Å²) in [7, 11) is 0. The van der Waals surface area contributed by atoms with Crippen LogP contribution >= 0.6 is 11.6 Å². The van der Waals surface area contributed by atoms with Crippen molar-refractivity contribution in [2.75, 3.05) is 13.2 Å². The van der Waals surface area contributed by atoms with Gasteiger partial charge in [-0.2, -0.15) is 0 Å². The number of aliphatic hydroxyl groups excluding tert-OH is 2. The molecule has 3 N–H and O–H groups in total. The Morgan fingerprint density at radius 1 is 1.44 bits per heavy atom. The van der Waals surface area contributed by atoms with E-state index >= 15 is 0 Å². The summed E-state index contributed by atoms with van der Waals surface area (Å²) in [5, 5.41) is 20.6. The summed E-state index contributed by atoms with van der Waals surface area (Å²) >= 11 is 5.89. The quantitative estimate of drug-likeness (QED) is 0.699. The third-order valence-electron chi connectivity index (χ3n) is 2.05. The summed E-state index contributed by atoms with van der Waals surface area (Å²) in [5.74, 6) is -0.236. The van der Waals surface area contributed by atoms with E-state index in [0.717, 1.165) is 5.56 Å². The molecular weight excluding hydrogens is 230 g/mol. The van der Waals surface area contributed by atoms with Crippen molar-refractivity contribution in [2.45, 2.75) is 12.5 Å². The molecule has 0 heterocycles. The number of hydrogen-bond donors (Lipinski definition) is 3. The normalized spacial score (nSPS) is 12.2. The molecular formula is C11H14ClNO3. The van der Waals surface area contributed by atoms with Crippen LogP contribution in [0.2, 0.25) is 5.02 Å². The number of nitrogens with one attached hydrogen (secondary N) is 1. The molecule has 0 saturated carbocycles. The van der Waals surface area contributed by atoms with E-state index in [2.05, 4.69) is 5.32 Å². The Morgan fingerprint density at radius 3 is 2.75 bits per heavy atom. The van der Waals surface area contributed by atoms with Crippen LogP contribution in [0.5, 0.6) is 0 Å². The van der Waals surface area contributed by atoms with Crippen LogP contribution in [0, 0.1) is 0 Å². The maximum atomic E-state index is 11.4. The SMILES string of the molecule is O=C(Cc1ccccc1Cl)NCC(O)CO. The molecule has 1 unspecified atom stereocenters. The fraction of sp³-hybridized carbons (Fsp3) is 0.364. The summed E-state index contributed by atoms with van der Waals surface area (Å²) in [5.41, 5.74) is 0.736. The zero-order chi connectivity index (χ0) is 12.0. The summed E-state index contributed by atoms with van der Waals surface area (Å²) in [6.07, 6.45) is -0.757. The number of hydrogen-bond acceptors (Lipinski definition) is 3. The van der Waals surface area contributed by atoms with Crippen molar-refractivity contribution in [3.8, 4) is 0 Å². The first-order valence-electron chi connectivity index (χ1n) is 4.92. The molecule has 0 aliphatic rings. The highest BCUT2D eigenvalue weighted by Crippen LogP contribution is 2.15. The van der Waals surface area contributed by atoms with Crippen LogP contribution in [-0.4, -0.2) is 35.4 Å². The molecule has 88 valence electrons. The van der Waals surface area contributed by atoms with Crippen LogP contribution in [0.1, 0.15) is 5.56 Å². The summed E-state index contributed by atoms with van der Waals surface area (Å²) in [6.45, 7) is -0.327. The van der Waals surface area contributed by atoms with Gasteiger partial charge in [0.1, 0.15) is 0 Å². The minimum atomic E-state index is -0.921. The van der Waals surface area contributed by atoms with Crippen molar-refractivity contribution < 1.29 is 15.0 Å². The van der Waals surface area contributed by atoms with E-state index in [9.17, 15) is 4.79 Å². The number of carbonyl (C=O) groups is 1. The van der Waals surface area contributed by atoms with Crippen molar-refractivity contribution in [3.05, 3.63) is 34.9 Å². The average Bonchev–Trinajstić information content (AvgIpc) is 2.29. The van der Waals surface area contributed by atoms with E-state index in [1.54, 1.807) is 24.3 Å². The predicted octanol–water partition coefficient (Wildman–Crippen LogP) is 0.352. The minimum Gasteiger partial charge on any atom is -0.394 e. The van der Waals surface area contributed by atoms with Crippen molar-refractivity contribution in [3.63, 3.8) is 0 Å². The Kier molecular flexibility index (Phi) is 5.25. The number of benzene rings is 1. The van der Waals surface area contributed by atoms with Gasteiger partial charge in [-0.15, -0.1) is 0 Å². The number of amides is 1. The van der Waals surface area contributed by atoms with Crippen LogP contribution in [-0.2, 0) is 11.2 Å². The van der Waals surface area contributed by atoms with Gasteiger partial charge in [0, 0.05) is 11.6 Å². The van der Waals surface area contributed by atoms with Gasteiger partial charge < -0.3 is 15.5 Å². The fourth-order valence-corrected chi connectivity index (χ4v) is 1.38. The number of carbonyl (C=O) groups excluding carboxylic acids is 1. The molecule has 1 amide bonds. The number of halogens is 1. The number of rotatable bonds is 5. The molecule has 5 heteroatoms. The Labute approximate surface area is 98.9 Å². The highest BCUT2D eigenvalue weighted by Gasteiger charge is 2.08. The second kappa shape index (κ2) is 6.48. The van der Waals surface area contributed by atoms with Crippen molar-refractivity contribution in [1.82, 2.24) is 5.32 Å². The first-order valence-corrected chi connectivity index (χ1v) is 5.30. The van der Waals surface area contributed by atoms with E-state index in [1.165, 1.54) is 0 Å². The van der Waals surface area contributed by atoms with Gasteiger partial charge in [0.2, 0.25) is 5.91 Å². The third kappa shape index (κ3) is 4.18. The Bertz CT molecular complexity index is 357. The smallest absolute Gasteiger partial charge is 0.224 e. The van der Waals surface area contributed by atoms with Gasteiger partial charge in [0.25, 0.3) is 0 Å². The van der Waals surface area contributed by atoms with Gasteiger partial charge in [-0.05, 0) is 11.6 Å². The third-order valence-corrected chi connectivity index (χ3v) is 2.42. The van der Waals surface area contributed by atoms with Gasteiger partial charge in [0.15, 0.2) is 0 Å². The van der Waals surface area contributed by atoms with E-state index in [-0.39, 0.29) is 25.5 Å². The van der Waals surface area contributed by atoms with Crippen LogP contribution in [0.4, 0.5) is 0 Å². The molecule has 0 aliphatic carbocycles. The molecule has 0 aliphatic heterocycles. The summed E-state index contributed by atoms with van der Waals surface area (Å²) < 4.78 is 0. The average molecular weight is 244 g/mol. The van der Waals surface area contributed by atoms with Gasteiger partial charge in [-0.25, -0.2) is 0 Å². The molecule has 0 bridgehead atoms. The Morgan fingerprint density at radius 2 is 2.12 bits per heavy atom. The van der Waals surface area contributed by atoms with Crippen LogP contribution < -0.4 is 5.32 Å². The lowest BCUT2D eigenvalue weighted by molar-refractivity contribution is -0.121. The van der Waals surface area contributed by atoms with Gasteiger partial charge in [0.05, 0.1) is 19.1 Å². The first kappa shape index (κ1) is 13.0. The second-order valence-corrected chi connectivity index (χ2v) is 3.82. The van der Waals surface area contributed by atoms with Crippen molar-refractivity contribution in [2.24, 2.45) is 0 Å². The molecule has 1 aromatic rings. The zero-order valence-corrected chi connectivity index (χ0v) is 9.44. The van der Waals surface area contributed by atoms with Crippen LogP contribution in [0.3, 0.4) is 0 Å². The van der Waals surface area contributed by atoms with Crippen LogP contribution in [0.15, 0.2) is 24.3 Å². The molecule has 1 aromatic carbocycles. The van der Waals surface area contributed by atoms with Crippen molar-refractivity contribution in [1.29, 1.82) is 0 Å². The first-order chi connectivity index (χ1) is 7.63. The lowest BCUT2D eigenvalue weighted by atomic mass is 10.1. The molecule has 1 rings (SSSR count). The highest BCUT2D eigenvalue weighted by molar-refractivity contribution is 6.31. The molecule has 4 nitrogen and oxygen atoms in total. The minimum absolute atomic E-state index is 0.0415. The summed E-state index contributed by atoms with van der Waals surface area (Å²) in [4.78, 5) is 11.4. The summed E-state index contributed by atoms with van der Waals surface area (Å²) in [6, 6.07) is 7.08. The topological polar surface area (TPSA) is 69.6 Å². The van der Waals surface area contributed by atoms with E-state index in [4.69, 9.17) is 21.8 Å². The lowest BCUT2D eigenvalue weighted by Crippen LogP contribution is -2.34. The largest absolute Gasteiger partial charge is 0.394 e.